The summed E-state index contributed by atoms with van der Waals surface area (Å²) in [5.41, 5.74) is 9.20. The molecule has 9 aromatic rings. The normalized spacial score (nSPS) is 11.8. The van der Waals surface area contributed by atoms with Crippen molar-refractivity contribution in [1.29, 1.82) is 0 Å². The summed E-state index contributed by atoms with van der Waals surface area (Å²) in [5.74, 6) is 0.798. The first-order valence-corrected chi connectivity index (χ1v) is 14.2. The minimum absolute atomic E-state index is 0.798. The average molecular weight is 537 g/mol. The van der Waals surface area contributed by atoms with Gasteiger partial charge in [-0.3, -0.25) is 4.57 Å². The standard InChI is InChI=1S/C38H24N4/c1-2-13-25(14-3-1)36-38(40-31-20-7-6-19-30(31)39-36)42-33-22-9-5-16-27(33)29-18-12-17-28-26-15-4-8-21-32(26)41(37(28)29)34-23-10-11-24-35(34)42/h1-24H. The minimum atomic E-state index is 0.798. The van der Waals surface area contributed by atoms with Crippen molar-refractivity contribution in [3.8, 4) is 17.1 Å². The second-order valence-electron chi connectivity index (χ2n) is 10.6. The third kappa shape index (κ3) is 3.23. The predicted molar refractivity (Wildman–Crippen MR) is 174 cm³/mol. The van der Waals surface area contributed by atoms with Gasteiger partial charge in [-0.15, -0.1) is 0 Å². The highest BCUT2D eigenvalue weighted by Gasteiger charge is 2.19. The number of hydrogen-bond acceptors (Lipinski definition) is 2. The number of aromatic nitrogens is 4. The maximum atomic E-state index is 5.35. The van der Waals surface area contributed by atoms with Crippen molar-refractivity contribution in [2.45, 2.75) is 0 Å². The fourth-order valence-electron chi connectivity index (χ4n) is 6.52. The van der Waals surface area contributed by atoms with Gasteiger partial charge in [-0.1, -0.05) is 109 Å². The van der Waals surface area contributed by atoms with Crippen molar-refractivity contribution in [3.05, 3.63) is 146 Å². The molecule has 0 amide bonds. The number of hydrogen-bond donors (Lipinski definition) is 0. The molecule has 0 unspecified atom stereocenters. The van der Waals surface area contributed by atoms with Crippen LogP contribution in [0.3, 0.4) is 0 Å². The van der Waals surface area contributed by atoms with E-state index in [2.05, 4.69) is 124 Å². The Labute approximate surface area is 241 Å². The highest BCUT2D eigenvalue weighted by molar-refractivity contribution is 6.20. The lowest BCUT2D eigenvalue weighted by molar-refractivity contribution is 1.07. The summed E-state index contributed by atoms with van der Waals surface area (Å²) in [7, 11) is 0. The monoisotopic (exact) mass is 536 g/mol. The summed E-state index contributed by atoms with van der Waals surface area (Å²) in [6, 6.07) is 51.2. The second-order valence-corrected chi connectivity index (χ2v) is 10.6. The maximum Gasteiger partial charge on any atom is 0.165 e. The van der Waals surface area contributed by atoms with Crippen molar-refractivity contribution in [2.75, 3.05) is 0 Å². The Morgan fingerprint density at radius 1 is 0.381 bits per heavy atom. The van der Waals surface area contributed by atoms with Crippen LogP contribution in [0.5, 0.6) is 0 Å². The van der Waals surface area contributed by atoms with E-state index < -0.39 is 0 Å². The largest absolute Gasteiger partial charge is 0.307 e. The third-order valence-corrected chi connectivity index (χ3v) is 8.30. The van der Waals surface area contributed by atoms with Gasteiger partial charge >= 0.3 is 0 Å². The number of benzene rings is 6. The van der Waals surface area contributed by atoms with E-state index in [1.807, 2.05) is 30.3 Å². The Kier molecular flexibility index (Phi) is 4.87. The molecule has 0 fully saturated rings. The van der Waals surface area contributed by atoms with Crippen LogP contribution in [0, 0.1) is 0 Å². The van der Waals surface area contributed by atoms with Gasteiger partial charge in [0.05, 0.1) is 38.6 Å². The molecule has 42 heavy (non-hydrogen) atoms. The average Bonchev–Trinajstić information content (AvgIpc) is 3.39. The number of fused-ring (bicyclic) bond motifs is 8. The number of nitrogens with zero attached hydrogens (tertiary/aromatic N) is 4. The smallest absolute Gasteiger partial charge is 0.165 e. The predicted octanol–water partition coefficient (Wildman–Crippen LogP) is 9.52. The summed E-state index contributed by atoms with van der Waals surface area (Å²) in [6.45, 7) is 0. The van der Waals surface area contributed by atoms with Gasteiger partial charge < -0.3 is 4.40 Å². The van der Waals surface area contributed by atoms with E-state index in [1.54, 1.807) is 0 Å². The van der Waals surface area contributed by atoms with Gasteiger partial charge in [-0.25, -0.2) is 9.97 Å². The van der Waals surface area contributed by atoms with Crippen LogP contribution >= 0.6 is 0 Å². The van der Waals surface area contributed by atoms with Crippen LogP contribution in [0.2, 0.25) is 0 Å². The summed E-state index contributed by atoms with van der Waals surface area (Å²) in [6.07, 6.45) is 0. The van der Waals surface area contributed by atoms with Gasteiger partial charge in [-0.05, 0) is 36.4 Å². The topological polar surface area (TPSA) is 35.1 Å². The Bertz CT molecular complexity index is 2520. The molecule has 3 aromatic heterocycles. The lowest BCUT2D eigenvalue weighted by Gasteiger charge is -2.18. The summed E-state index contributed by atoms with van der Waals surface area (Å²) >= 11 is 0. The molecule has 0 spiro atoms. The minimum Gasteiger partial charge on any atom is -0.307 e. The summed E-state index contributed by atoms with van der Waals surface area (Å²) < 4.78 is 4.73. The zero-order valence-corrected chi connectivity index (χ0v) is 22.6. The maximum absolute atomic E-state index is 5.35. The van der Waals surface area contributed by atoms with Crippen LogP contribution in [0.15, 0.2) is 146 Å². The Balaban J connectivity index is 1.61. The van der Waals surface area contributed by atoms with Crippen LogP contribution < -0.4 is 0 Å². The Hall–Kier alpha value is -5.74. The molecule has 0 bridgehead atoms. The number of rotatable bonds is 2. The SMILES string of the molecule is c1ccc(-c2nc3ccccc3nc2-n2c3ccccc3c3cccc4c5ccccc5n(c5ccccc52)c34)cc1. The van der Waals surface area contributed by atoms with Crippen LogP contribution in [0.1, 0.15) is 0 Å². The molecule has 3 heterocycles. The fraction of sp³-hybridized carbons (Fsp3) is 0. The van der Waals surface area contributed by atoms with Crippen molar-refractivity contribution >= 4 is 60.2 Å². The van der Waals surface area contributed by atoms with Crippen LogP contribution in [0.25, 0.3) is 77.2 Å². The highest BCUT2D eigenvalue weighted by atomic mass is 15.1. The molecule has 4 heteroatoms. The highest BCUT2D eigenvalue weighted by Crippen LogP contribution is 2.38. The van der Waals surface area contributed by atoms with Crippen molar-refractivity contribution in [2.24, 2.45) is 0 Å². The van der Waals surface area contributed by atoms with E-state index in [1.165, 1.54) is 27.2 Å². The van der Waals surface area contributed by atoms with Crippen LogP contribution in [0.4, 0.5) is 0 Å². The van der Waals surface area contributed by atoms with Crippen LogP contribution in [-0.4, -0.2) is 18.9 Å². The second kappa shape index (κ2) is 8.88. The van der Waals surface area contributed by atoms with Gasteiger partial charge in [-0.2, -0.15) is 0 Å². The van der Waals surface area contributed by atoms with Gasteiger partial charge in [0.25, 0.3) is 0 Å². The molecule has 0 aliphatic heterocycles. The quantitative estimate of drug-likeness (QED) is 0.220. The van der Waals surface area contributed by atoms with E-state index in [4.69, 9.17) is 9.97 Å². The molecule has 0 aliphatic carbocycles. The van der Waals surface area contributed by atoms with E-state index in [9.17, 15) is 0 Å². The summed E-state index contributed by atoms with van der Waals surface area (Å²) in [5, 5.41) is 4.83. The molecular weight excluding hydrogens is 512 g/mol. The van der Waals surface area contributed by atoms with Gasteiger partial charge in [0, 0.05) is 27.1 Å². The van der Waals surface area contributed by atoms with Gasteiger partial charge in [0.1, 0.15) is 5.69 Å². The molecule has 0 N–H and O–H groups in total. The van der Waals surface area contributed by atoms with Gasteiger partial charge in [0.2, 0.25) is 0 Å². The van der Waals surface area contributed by atoms with E-state index >= 15 is 0 Å². The first-order chi connectivity index (χ1) is 20.9. The molecular formula is C38H24N4. The first-order valence-electron chi connectivity index (χ1n) is 14.2. The molecule has 196 valence electrons. The van der Waals surface area contributed by atoms with Crippen molar-refractivity contribution in [1.82, 2.24) is 18.9 Å². The van der Waals surface area contributed by atoms with Crippen LogP contribution in [-0.2, 0) is 0 Å². The zero-order chi connectivity index (χ0) is 27.6. The van der Waals surface area contributed by atoms with Crippen molar-refractivity contribution < 1.29 is 0 Å². The Morgan fingerprint density at radius 3 is 1.64 bits per heavy atom. The van der Waals surface area contributed by atoms with Gasteiger partial charge in [0.15, 0.2) is 5.82 Å². The fourth-order valence-corrected chi connectivity index (χ4v) is 6.52. The molecule has 0 aliphatic rings. The summed E-state index contributed by atoms with van der Waals surface area (Å²) in [4.78, 5) is 10.6. The molecule has 6 aromatic carbocycles. The molecule has 0 saturated carbocycles. The lowest BCUT2D eigenvalue weighted by atomic mass is 10.1. The van der Waals surface area contributed by atoms with E-state index in [0.29, 0.717) is 0 Å². The molecule has 0 atom stereocenters. The molecule has 0 radical (unpaired) electrons. The van der Waals surface area contributed by atoms with Crippen molar-refractivity contribution in [3.63, 3.8) is 0 Å². The molecule has 4 nitrogen and oxygen atoms in total. The first kappa shape index (κ1) is 23.0. The zero-order valence-electron chi connectivity index (χ0n) is 22.6. The lowest BCUT2D eigenvalue weighted by Crippen LogP contribution is -2.07. The Morgan fingerprint density at radius 2 is 0.905 bits per heavy atom. The number of para-hydroxylation sites is 7. The third-order valence-electron chi connectivity index (χ3n) is 8.30. The van der Waals surface area contributed by atoms with E-state index in [-0.39, 0.29) is 0 Å². The van der Waals surface area contributed by atoms with E-state index in [0.717, 1.165) is 50.0 Å². The molecule has 9 rings (SSSR count). The molecule has 0 saturated heterocycles.